The molecular weight excluding hydrogens is 548 g/mol. The molecule has 212 valence electrons. The number of aryl methyl sites for hydroxylation is 1. The number of benzene rings is 3. The molecule has 1 fully saturated rings. The van der Waals surface area contributed by atoms with E-state index in [9.17, 15) is 18.4 Å². The Kier molecular flexibility index (Phi) is 6.77. The van der Waals surface area contributed by atoms with Crippen molar-refractivity contribution in [3.8, 4) is 11.5 Å². The van der Waals surface area contributed by atoms with Crippen LogP contribution in [0.4, 0.5) is 14.5 Å². The number of ketones is 1. The minimum Gasteiger partial charge on any atom is -0.457 e. The zero-order valence-electron chi connectivity index (χ0n) is 22.2. The molecular formula is C30H29F2N5O3S. The molecule has 1 aliphatic carbocycles. The highest BCUT2D eigenvalue weighted by atomic mass is 32.1. The second-order valence-electron chi connectivity index (χ2n) is 10.6. The number of carbonyl (C=O) groups excluding carboxylic acids is 2. The van der Waals surface area contributed by atoms with Gasteiger partial charge in [0.15, 0.2) is 5.78 Å². The zero-order chi connectivity index (χ0) is 29.1. The van der Waals surface area contributed by atoms with Crippen LogP contribution in [0.3, 0.4) is 0 Å². The Labute approximate surface area is 238 Å². The average Bonchev–Trinajstić information content (AvgIpc) is 3.33. The summed E-state index contributed by atoms with van der Waals surface area (Å²) in [5, 5.41) is 6.97. The molecule has 6 rings (SSSR count). The van der Waals surface area contributed by atoms with Gasteiger partial charge in [-0.25, -0.2) is 8.78 Å². The van der Waals surface area contributed by atoms with Gasteiger partial charge in [0.25, 0.3) is 5.91 Å². The molecule has 8 N–H and O–H groups in total. The van der Waals surface area contributed by atoms with E-state index >= 15 is 0 Å². The maximum absolute atomic E-state index is 14.1. The molecule has 2 heterocycles. The monoisotopic (exact) mass is 577 g/mol. The minimum absolute atomic E-state index is 0.00847. The quantitative estimate of drug-likeness (QED) is 0.224. The van der Waals surface area contributed by atoms with E-state index in [0.29, 0.717) is 55.2 Å². The van der Waals surface area contributed by atoms with E-state index in [1.54, 1.807) is 37.3 Å². The summed E-state index contributed by atoms with van der Waals surface area (Å²) in [6.07, 6.45) is 1.81. The lowest BCUT2D eigenvalue weighted by atomic mass is 9.69. The van der Waals surface area contributed by atoms with Crippen LogP contribution in [0, 0.1) is 18.6 Å². The van der Waals surface area contributed by atoms with Crippen LogP contribution in [0.25, 0.3) is 10.1 Å². The van der Waals surface area contributed by atoms with Crippen LogP contribution < -0.4 is 32.6 Å². The molecule has 1 aromatic heterocycles. The van der Waals surface area contributed by atoms with Gasteiger partial charge in [-0.3, -0.25) is 9.59 Å². The van der Waals surface area contributed by atoms with Crippen LogP contribution >= 0.6 is 11.3 Å². The number of nitrogen functional groups attached to an aromatic ring is 1. The van der Waals surface area contributed by atoms with Crippen LogP contribution in [0.15, 0.2) is 48.5 Å². The van der Waals surface area contributed by atoms with Gasteiger partial charge in [0.2, 0.25) is 0 Å². The van der Waals surface area contributed by atoms with E-state index in [2.05, 4.69) is 10.6 Å². The lowest BCUT2D eigenvalue weighted by molar-refractivity contribution is -0.124. The Morgan fingerprint density at radius 3 is 2.51 bits per heavy atom. The van der Waals surface area contributed by atoms with Crippen molar-refractivity contribution in [2.24, 2.45) is 11.5 Å². The molecule has 1 saturated heterocycles. The normalized spacial score (nSPS) is 22.1. The van der Waals surface area contributed by atoms with Crippen molar-refractivity contribution < 1.29 is 23.1 Å². The number of piperidine rings is 1. The van der Waals surface area contributed by atoms with Gasteiger partial charge in [0.1, 0.15) is 28.7 Å². The number of rotatable bonds is 5. The fraction of sp³-hybridized carbons (Fsp3) is 0.267. The number of hydrogen-bond acceptors (Lipinski definition) is 8. The highest BCUT2D eigenvalue weighted by molar-refractivity contribution is 7.21. The van der Waals surface area contributed by atoms with Crippen LogP contribution in [0.5, 0.6) is 11.5 Å². The molecule has 41 heavy (non-hydrogen) atoms. The first-order valence-electron chi connectivity index (χ1n) is 13.3. The number of anilines is 1. The third kappa shape index (κ3) is 4.55. The van der Waals surface area contributed by atoms with Crippen LogP contribution in [-0.2, 0) is 10.3 Å². The Hall–Kier alpha value is -3.90. The maximum Gasteiger partial charge on any atom is 0.262 e. The van der Waals surface area contributed by atoms with Crippen LogP contribution in [-0.4, -0.2) is 30.8 Å². The number of hydrogen-bond donors (Lipinski definition) is 5. The number of amides is 1. The summed E-state index contributed by atoms with van der Waals surface area (Å²) in [5.74, 6) is -1.99. The summed E-state index contributed by atoms with van der Waals surface area (Å²) >= 11 is 1.21. The molecule has 0 radical (unpaired) electrons. The van der Waals surface area contributed by atoms with Gasteiger partial charge in [-0.15, -0.1) is 11.3 Å². The first-order valence-corrected chi connectivity index (χ1v) is 14.1. The van der Waals surface area contributed by atoms with Crippen LogP contribution in [0.2, 0.25) is 0 Å². The number of halogens is 2. The van der Waals surface area contributed by atoms with Crippen molar-refractivity contribution in [3.63, 3.8) is 0 Å². The molecule has 3 unspecified atom stereocenters. The molecule has 2 aliphatic rings. The third-order valence-electron chi connectivity index (χ3n) is 7.85. The number of carbonyl (C=O) groups is 2. The highest BCUT2D eigenvalue weighted by Crippen LogP contribution is 2.50. The van der Waals surface area contributed by atoms with Gasteiger partial charge >= 0.3 is 0 Å². The molecule has 11 heteroatoms. The Morgan fingerprint density at radius 2 is 1.83 bits per heavy atom. The second-order valence-corrected chi connectivity index (χ2v) is 11.6. The van der Waals surface area contributed by atoms with Gasteiger partial charge in [-0.2, -0.15) is 0 Å². The topological polar surface area (TPSA) is 145 Å². The lowest BCUT2D eigenvalue weighted by Crippen LogP contribution is -2.53. The first kappa shape index (κ1) is 27.3. The zero-order valence-corrected chi connectivity index (χ0v) is 23.0. The van der Waals surface area contributed by atoms with Crippen molar-refractivity contribution in [3.05, 3.63) is 87.3 Å². The van der Waals surface area contributed by atoms with Gasteiger partial charge in [0, 0.05) is 47.4 Å². The largest absolute Gasteiger partial charge is 0.457 e. The van der Waals surface area contributed by atoms with Crippen molar-refractivity contribution in [1.29, 1.82) is 0 Å². The molecule has 0 bridgehead atoms. The molecule has 1 aliphatic heterocycles. The first-order chi connectivity index (χ1) is 19.6. The van der Waals surface area contributed by atoms with E-state index in [1.165, 1.54) is 11.3 Å². The Balaban J connectivity index is 1.43. The molecule has 8 nitrogen and oxygen atoms in total. The molecule has 0 saturated carbocycles. The fourth-order valence-electron chi connectivity index (χ4n) is 5.92. The highest BCUT2D eigenvalue weighted by Gasteiger charge is 2.49. The average molecular weight is 578 g/mol. The third-order valence-corrected chi connectivity index (χ3v) is 9.10. The molecule has 4 aromatic rings. The Bertz CT molecular complexity index is 1700. The summed E-state index contributed by atoms with van der Waals surface area (Å²) in [5.41, 5.74) is 20.8. The number of Topliss-reactive ketones (excluding diaryl/α,β-unsaturated/α-hetero) is 1. The predicted molar refractivity (Wildman–Crippen MR) is 154 cm³/mol. The smallest absolute Gasteiger partial charge is 0.262 e. The van der Waals surface area contributed by atoms with Gasteiger partial charge in [0.05, 0.1) is 15.6 Å². The SMILES string of the molecule is Cc1cc(Oc2cc(F)cc(F)c2)ccc1C1(N)C(=O)C(N)c2c(C(=O)NC3CCCNC3)sc3c(N)ccc1c23. The van der Waals surface area contributed by atoms with E-state index in [-0.39, 0.29) is 17.7 Å². The molecule has 3 atom stereocenters. The van der Waals surface area contributed by atoms with Gasteiger partial charge in [-0.1, -0.05) is 12.1 Å². The van der Waals surface area contributed by atoms with E-state index in [0.717, 1.165) is 37.6 Å². The van der Waals surface area contributed by atoms with Crippen molar-refractivity contribution >= 4 is 38.8 Å². The fourth-order valence-corrected chi connectivity index (χ4v) is 7.12. The summed E-state index contributed by atoms with van der Waals surface area (Å²) in [4.78, 5) is 27.9. The summed E-state index contributed by atoms with van der Waals surface area (Å²) < 4.78 is 33.6. The standard InChI is InChI=1S/C30H29F2N5O3S/c1-14-9-18(40-19-11-15(31)10-16(32)12-19)4-5-20(14)30(35)21-6-7-22(33)26-23(21)24(25(34)28(30)38)27(41-26)29(39)37-17-3-2-8-36-13-17/h4-7,9-12,17,25,36H,2-3,8,13,33-35H2,1H3,(H,37,39). The Morgan fingerprint density at radius 1 is 1.10 bits per heavy atom. The summed E-state index contributed by atoms with van der Waals surface area (Å²) in [6.45, 7) is 3.34. The van der Waals surface area contributed by atoms with E-state index < -0.39 is 29.0 Å². The van der Waals surface area contributed by atoms with Gasteiger partial charge in [-0.05, 0) is 61.2 Å². The number of thiophene rings is 1. The van der Waals surface area contributed by atoms with Crippen molar-refractivity contribution in [2.45, 2.75) is 37.4 Å². The number of nitrogens with two attached hydrogens (primary N) is 3. The second kappa shape index (κ2) is 10.2. The maximum atomic E-state index is 14.1. The number of nitrogens with one attached hydrogen (secondary N) is 2. The molecule has 0 spiro atoms. The minimum atomic E-state index is -1.64. The molecule has 3 aromatic carbocycles. The summed E-state index contributed by atoms with van der Waals surface area (Å²) in [6, 6.07) is 9.96. The van der Waals surface area contributed by atoms with E-state index in [1.807, 2.05) is 0 Å². The predicted octanol–water partition coefficient (Wildman–Crippen LogP) is 4.13. The van der Waals surface area contributed by atoms with Crippen LogP contribution in [0.1, 0.15) is 50.8 Å². The summed E-state index contributed by atoms with van der Waals surface area (Å²) in [7, 11) is 0. The lowest BCUT2D eigenvalue weighted by Gasteiger charge is -2.37. The van der Waals surface area contributed by atoms with E-state index in [4.69, 9.17) is 21.9 Å². The van der Waals surface area contributed by atoms with Crippen molar-refractivity contribution in [1.82, 2.24) is 10.6 Å². The van der Waals surface area contributed by atoms with Gasteiger partial charge < -0.3 is 32.6 Å². The van der Waals surface area contributed by atoms with Crippen molar-refractivity contribution in [2.75, 3.05) is 18.8 Å². The number of ether oxygens (including phenoxy) is 1. The molecule has 1 amide bonds.